The molecule has 0 aliphatic heterocycles. The van der Waals surface area contributed by atoms with E-state index in [1.807, 2.05) is 18.2 Å². The second-order valence-electron chi connectivity index (χ2n) is 2.97. The molecule has 82 valence electrons. The zero-order chi connectivity index (χ0) is 11.3. The highest BCUT2D eigenvalue weighted by Gasteiger charge is 2.01. The fraction of sp³-hybridized carbons (Fsp3) is 0.300. The van der Waals surface area contributed by atoms with Crippen molar-refractivity contribution in [3.63, 3.8) is 0 Å². The molecule has 0 bridgehead atoms. The lowest BCUT2D eigenvalue weighted by Gasteiger charge is -2.10. The molecule has 4 nitrogen and oxygen atoms in total. The van der Waals surface area contributed by atoms with Crippen LogP contribution in [0.15, 0.2) is 22.7 Å². The molecule has 0 saturated carbocycles. The number of halogens is 1. The van der Waals surface area contributed by atoms with E-state index in [1.165, 1.54) is 6.92 Å². The molecule has 0 aliphatic rings. The van der Waals surface area contributed by atoms with Crippen molar-refractivity contribution in [2.45, 2.75) is 6.92 Å². The predicted molar refractivity (Wildman–Crippen MR) is 63.7 cm³/mol. The smallest absolute Gasteiger partial charge is 0.302 e. The summed E-state index contributed by atoms with van der Waals surface area (Å²) in [6, 6.07) is 5.62. The van der Waals surface area contributed by atoms with Crippen molar-refractivity contribution in [2.75, 3.05) is 24.2 Å². The van der Waals surface area contributed by atoms with Crippen LogP contribution in [0.25, 0.3) is 0 Å². The Hall–Kier alpha value is -1.23. The van der Waals surface area contributed by atoms with Gasteiger partial charge < -0.3 is 15.8 Å². The number of esters is 1. The largest absolute Gasteiger partial charge is 0.464 e. The number of rotatable bonds is 4. The SMILES string of the molecule is CC(=O)OCCNc1cccc(Br)c1N. The van der Waals surface area contributed by atoms with Crippen molar-refractivity contribution in [3.8, 4) is 0 Å². The van der Waals surface area contributed by atoms with Gasteiger partial charge in [0.1, 0.15) is 6.61 Å². The Morgan fingerprint density at radius 1 is 1.60 bits per heavy atom. The van der Waals surface area contributed by atoms with Crippen molar-refractivity contribution in [1.82, 2.24) is 0 Å². The van der Waals surface area contributed by atoms with E-state index in [0.717, 1.165) is 10.2 Å². The van der Waals surface area contributed by atoms with Gasteiger partial charge in [0.2, 0.25) is 0 Å². The monoisotopic (exact) mass is 272 g/mol. The fourth-order valence-electron chi connectivity index (χ4n) is 1.07. The zero-order valence-corrected chi connectivity index (χ0v) is 10.0. The summed E-state index contributed by atoms with van der Waals surface area (Å²) in [5, 5.41) is 3.08. The number of nitrogens with one attached hydrogen (secondary N) is 1. The third-order valence-corrected chi connectivity index (χ3v) is 2.47. The Bertz CT molecular complexity index is 355. The summed E-state index contributed by atoms with van der Waals surface area (Å²) < 4.78 is 5.63. The molecular formula is C10H13BrN2O2. The van der Waals surface area contributed by atoms with Gasteiger partial charge in [0.25, 0.3) is 0 Å². The number of anilines is 2. The number of nitrogen functional groups attached to an aromatic ring is 1. The van der Waals surface area contributed by atoms with E-state index in [1.54, 1.807) is 0 Å². The highest BCUT2D eigenvalue weighted by atomic mass is 79.9. The van der Waals surface area contributed by atoms with Crippen LogP contribution in [0.4, 0.5) is 11.4 Å². The van der Waals surface area contributed by atoms with Gasteiger partial charge in [0, 0.05) is 17.9 Å². The molecule has 5 heteroatoms. The lowest BCUT2D eigenvalue weighted by atomic mass is 10.3. The normalized spacial score (nSPS) is 9.73. The van der Waals surface area contributed by atoms with Gasteiger partial charge in [-0.2, -0.15) is 0 Å². The second kappa shape index (κ2) is 5.60. The highest BCUT2D eigenvalue weighted by Crippen LogP contribution is 2.26. The molecule has 0 saturated heterocycles. The summed E-state index contributed by atoms with van der Waals surface area (Å²) in [4.78, 5) is 10.5. The van der Waals surface area contributed by atoms with Gasteiger partial charge in [-0.1, -0.05) is 6.07 Å². The van der Waals surface area contributed by atoms with Gasteiger partial charge in [-0.25, -0.2) is 0 Å². The number of benzene rings is 1. The standard InChI is InChI=1S/C10H13BrN2O2/c1-7(14)15-6-5-13-9-4-2-3-8(11)10(9)12/h2-4,13H,5-6,12H2,1H3. The Balaban J connectivity index is 2.44. The average Bonchev–Trinajstić information content (AvgIpc) is 2.18. The van der Waals surface area contributed by atoms with Gasteiger partial charge in [-0.15, -0.1) is 0 Å². The minimum atomic E-state index is -0.279. The van der Waals surface area contributed by atoms with Crippen LogP contribution in [0.1, 0.15) is 6.92 Å². The van der Waals surface area contributed by atoms with Crippen LogP contribution >= 0.6 is 15.9 Å². The molecule has 1 aromatic rings. The first-order valence-corrected chi connectivity index (χ1v) is 5.32. The maximum Gasteiger partial charge on any atom is 0.302 e. The second-order valence-corrected chi connectivity index (χ2v) is 3.82. The van der Waals surface area contributed by atoms with Crippen LogP contribution < -0.4 is 11.1 Å². The van der Waals surface area contributed by atoms with E-state index >= 15 is 0 Å². The highest BCUT2D eigenvalue weighted by molar-refractivity contribution is 9.10. The molecule has 1 rings (SSSR count). The van der Waals surface area contributed by atoms with Gasteiger partial charge in [-0.05, 0) is 28.1 Å². The van der Waals surface area contributed by atoms with Crippen molar-refractivity contribution < 1.29 is 9.53 Å². The molecule has 0 amide bonds. The Labute approximate surface area is 96.9 Å². The first-order valence-electron chi connectivity index (χ1n) is 4.52. The Morgan fingerprint density at radius 2 is 2.33 bits per heavy atom. The summed E-state index contributed by atoms with van der Waals surface area (Å²) in [7, 11) is 0. The summed E-state index contributed by atoms with van der Waals surface area (Å²) in [6.45, 7) is 2.26. The zero-order valence-electron chi connectivity index (χ0n) is 8.42. The van der Waals surface area contributed by atoms with E-state index < -0.39 is 0 Å². The van der Waals surface area contributed by atoms with Crippen LogP contribution in [-0.4, -0.2) is 19.1 Å². The third kappa shape index (κ3) is 3.79. The number of ether oxygens (including phenoxy) is 1. The van der Waals surface area contributed by atoms with Crippen molar-refractivity contribution in [3.05, 3.63) is 22.7 Å². The predicted octanol–water partition coefficient (Wildman–Crippen LogP) is 2.01. The number of para-hydroxylation sites is 1. The third-order valence-electron chi connectivity index (χ3n) is 1.78. The molecule has 0 spiro atoms. The number of carbonyl (C=O) groups excluding carboxylic acids is 1. The Morgan fingerprint density at radius 3 is 3.00 bits per heavy atom. The molecule has 0 aromatic heterocycles. The van der Waals surface area contributed by atoms with E-state index in [-0.39, 0.29) is 5.97 Å². The van der Waals surface area contributed by atoms with E-state index in [0.29, 0.717) is 18.8 Å². The lowest BCUT2D eigenvalue weighted by molar-refractivity contribution is -0.140. The number of hydrogen-bond acceptors (Lipinski definition) is 4. The number of carbonyl (C=O) groups is 1. The summed E-state index contributed by atoms with van der Waals surface area (Å²) >= 11 is 3.33. The maximum atomic E-state index is 10.5. The molecule has 0 heterocycles. The van der Waals surface area contributed by atoms with E-state index in [9.17, 15) is 4.79 Å². The van der Waals surface area contributed by atoms with Crippen molar-refractivity contribution >= 4 is 33.3 Å². The number of nitrogens with two attached hydrogens (primary N) is 1. The quantitative estimate of drug-likeness (QED) is 0.500. The van der Waals surface area contributed by atoms with Gasteiger partial charge in [0.05, 0.1) is 11.4 Å². The molecular weight excluding hydrogens is 260 g/mol. The van der Waals surface area contributed by atoms with Crippen molar-refractivity contribution in [1.29, 1.82) is 0 Å². The molecule has 15 heavy (non-hydrogen) atoms. The summed E-state index contributed by atoms with van der Waals surface area (Å²) in [6.07, 6.45) is 0. The first kappa shape index (κ1) is 11.8. The molecule has 0 unspecified atom stereocenters. The van der Waals surface area contributed by atoms with E-state index in [4.69, 9.17) is 10.5 Å². The summed E-state index contributed by atoms with van der Waals surface area (Å²) in [5.74, 6) is -0.279. The van der Waals surface area contributed by atoms with Crippen LogP contribution in [0, 0.1) is 0 Å². The van der Waals surface area contributed by atoms with Gasteiger partial charge >= 0.3 is 5.97 Å². The lowest BCUT2D eigenvalue weighted by Crippen LogP contribution is -2.12. The fourth-order valence-corrected chi connectivity index (χ4v) is 1.44. The maximum absolute atomic E-state index is 10.5. The van der Waals surface area contributed by atoms with Crippen LogP contribution in [0.5, 0.6) is 0 Å². The van der Waals surface area contributed by atoms with Crippen LogP contribution in [0.2, 0.25) is 0 Å². The number of hydrogen-bond donors (Lipinski definition) is 2. The molecule has 1 aromatic carbocycles. The first-order chi connectivity index (χ1) is 7.11. The summed E-state index contributed by atoms with van der Waals surface area (Å²) in [5.41, 5.74) is 7.29. The van der Waals surface area contributed by atoms with Crippen LogP contribution in [0.3, 0.4) is 0 Å². The Kier molecular flexibility index (Phi) is 4.42. The minimum absolute atomic E-state index is 0.279. The molecule has 0 atom stereocenters. The molecule has 0 radical (unpaired) electrons. The minimum Gasteiger partial charge on any atom is -0.464 e. The van der Waals surface area contributed by atoms with Gasteiger partial charge in [0.15, 0.2) is 0 Å². The average molecular weight is 273 g/mol. The van der Waals surface area contributed by atoms with Crippen molar-refractivity contribution in [2.24, 2.45) is 0 Å². The molecule has 3 N–H and O–H groups in total. The molecule has 0 fully saturated rings. The van der Waals surface area contributed by atoms with Gasteiger partial charge in [-0.3, -0.25) is 4.79 Å². The topological polar surface area (TPSA) is 64.3 Å². The van der Waals surface area contributed by atoms with Crippen LogP contribution in [-0.2, 0) is 9.53 Å². The van der Waals surface area contributed by atoms with E-state index in [2.05, 4.69) is 21.2 Å². The molecule has 0 aliphatic carbocycles.